The van der Waals surface area contributed by atoms with Crippen molar-refractivity contribution in [1.29, 1.82) is 0 Å². The number of esters is 1. The minimum absolute atomic E-state index is 0.241. The topological polar surface area (TPSA) is 182 Å². The smallest absolute Gasteiger partial charge is 0.302 e. The van der Waals surface area contributed by atoms with Crippen molar-refractivity contribution in [3.05, 3.63) is 176 Å². The molecule has 0 saturated heterocycles. The van der Waals surface area contributed by atoms with Crippen molar-refractivity contribution < 1.29 is 56.9 Å². The summed E-state index contributed by atoms with van der Waals surface area (Å²) in [6.45, 7) is 27.6. The summed E-state index contributed by atoms with van der Waals surface area (Å²) in [6.07, 6.45) is 41.9. The second kappa shape index (κ2) is 56.7. The van der Waals surface area contributed by atoms with E-state index in [0.29, 0.717) is 124 Å². The molecule has 4 aromatic carbocycles. The van der Waals surface area contributed by atoms with E-state index in [1.54, 1.807) is 0 Å². The summed E-state index contributed by atoms with van der Waals surface area (Å²) in [4.78, 5) is 28.1. The third kappa shape index (κ3) is 31.3. The average molecular weight is 1680 g/mol. The standard InChI is InChI=1S/C106H154N4O12/c1-11-20-29-40-65-114-94-74-82(75-95(115-66-41-30-21-12-2)104(94)120-71-46-35-26-17-7)101-88-57-55-86(107-88)100(81-51-53-85(54-52-81)113-64-50-39-38-49-63-112-80(10)111)87-56-58-89(108-87)102(83-76-96(116-67-42-31-22-13-3)105(121-72-47-36-27-18-8)97(77-83)117-68-43-32-23-14-4)91-60-62-93(110-91)103(92-61-59-90(101)109-92)84-78-98(118-69-44-33-24-15-5)106(122-73-48-37-28-19-9)99(79-84)119-70-45-34-25-16-6/h51-62,74-79,107-110H,11-50,63-73H2,1-10H3. The van der Waals surface area contributed by atoms with Gasteiger partial charge < -0.3 is 72.0 Å². The number of benzene rings is 4. The third-order valence-electron chi connectivity index (χ3n) is 22.8. The van der Waals surface area contributed by atoms with Gasteiger partial charge in [0.2, 0.25) is 17.2 Å². The lowest BCUT2D eigenvalue weighted by Crippen LogP contribution is -2.19. The Labute approximate surface area is 732 Å². The molecule has 0 saturated carbocycles. The van der Waals surface area contributed by atoms with E-state index in [2.05, 4.69) is 191 Å². The van der Waals surface area contributed by atoms with Crippen LogP contribution in [0.4, 0.5) is 0 Å². The number of aromatic amines is 4. The number of hydrogen-bond acceptors (Lipinski definition) is 12. The molecule has 9 rings (SSSR count). The second-order valence-corrected chi connectivity index (χ2v) is 33.4. The maximum absolute atomic E-state index is 11.5. The Morgan fingerprint density at radius 1 is 0.221 bits per heavy atom. The molecule has 122 heavy (non-hydrogen) atoms. The fourth-order valence-electron chi connectivity index (χ4n) is 15.9. The molecule has 8 bridgehead atoms. The van der Waals surface area contributed by atoms with Gasteiger partial charge in [0.25, 0.3) is 0 Å². The summed E-state index contributed by atoms with van der Waals surface area (Å²) in [5.74, 6) is 6.50. The van der Waals surface area contributed by atoms with Crippen LogP contribution in [-0.2, 0) is 9.53 Å². The minimum Gasteiger partial charge on any atom is -0.494 e. The van der Waals surface area contributed by atoms with Crippen LogP contribution < -0.4 is 68.8 Å². The van der Waals surface area contributed by atoms with Crippen LogP contribution in [-0.4, -0.2) is 98.6 Å². The fourth-order valence-corrected chi connectivity index (χ4v) is 15.9. The van der Waals surface area contributed by atoms with E-state index in [-0.39, 0.29) is 5.97 Å². The normalized spacial score (nSPS) is 12.0. The molecule has 5 heterocycles. The van der Waals surface area contributed by atoms with Crippen LogP contribution in [0.2, 0.25) is 0 Å². The Hall–Kier alpha value is -9.05. The Kier molecular flexibility index (Phi) is 44.9. The molecule has 16 heteroatoms. The zero-order valence-corrected chi connectivity index (χ0v) is 76.9. The molecule has 0 radical (unpaired) electrons. The van der Waals surface area contributed by atoms with Crippen molar-refractivity contribution >= 4 is 28.3 Å². The van der Waals surface area contributed by atoms with E-state index in [1.807, 2.05) is 0 Å². The van der Waals surface area contributed by atoms with Crippen LogP contribution in [0.1, 0.15) is 371 Å². The Morgan fingerprint density at radius 2 is 0.434 bits per heavy atom. The number of carbonyl (C=O) groups excluding carboxylic acids is 1. The van der Waals surface area contributed by atoms with Crippen LogP contribution in [0, 0.1) is 0 Å². The van der Waals surface area contributed by atoms with Gasteiger partial charge in [-0.05, 0) is 203 Å². The molecule has 0 fully saturated rings. The molecule has 670 valence electrons. The van der Waals surface area contributed by atoms with Crippen molar-refractivity contribution in [2.24, 2.45) is 0 Å². The summed E-state index contributed by atoms with van der Waals surface area (Å²) in [7, 11) is 0. The quantitative estimate of drug-likeness (QED) is 0.0209. The number of H-pyrrole nitrogens is 4. The summed E-state index contributed by atoms with van der Waals surface area (Å²) >= 11 is 0. The van der Waals surface area contributed by atoms with E-state index in [9.17, 15) is 4.79 Å². The molecule has 0 unspecified atom stereocenters. The van der Waals surface area contributed by atoms with Crippen LogP contribution in [0.5, 0.6) is 57.5 Å². The number of rotatable bonds is 66. The highest BCUT2D eigenvalue weighted by atomic mass is 16.6. The average Bonchev–Trinajstić information content (AvgIpc) is 1.65. The largest absolute Gasteiger partial charge is 0.494 e. The molecule has 1 aliphatic rings. The zero-order chi connectivity index (χ0) is 86.0. The summed E-state index contributed by atoms with van der Waals surface area (Å²) in [5.41, 5.74) is 10.9. The van der Waals surface area contributed by atoms with Crippen molar-refractivity contribution in [3.63, 3.8) is 0 Å². The molecule has 8 aromatic rings. The van der Waals surface area contributed by atoms with Crippen molar-refractivity contribution in [1.82, 2.24) is 19.9 Å². The lowest BCUT2D eigenvalue weighted by molar-refractivity contribution is -0.141. The molecule has 4 N–H and O–H groups in total. The van der Waals surface area contributed by atoms with Gasteiger partial charge in [0.1, 0.15) is 5.75 Å². The molecular formula is C106H154N4O12. The van der Waals surface area contributed by atoms with Crippen LogP contribution in [0.3, 0.4) is 0 Å². The molecule has 0 aliphatic carbocycles. The lowest BCUT2D eigenvalue weighted by Gasteiger charge is -2.20. The van der Waals surface area contributed by atoms with E-state index < -0.39 is 0 Å². The first-order valence-corrected chi connectivity index (χ1v) is 48.4. The number of ether oxygens (including phenoxy) is 11. The van der Waals surface area contributed by atoms with Gasteiger partial charge >= 0.3 is 5.97 Å². The van der Waals surface area contributed by atoms with Crippen LogP contribution in [0.25, 0.3) is 22.3 Å². The molecule has 0 spiro atoms. The van der Waals surface area contributed by atoms with E-state index >= 15 is 0 Å². The number of hydrogen-bond donors (Lipinski definition) is 4. The highest BCUT2D eigenvalue weighted by Crippen LogP contribution is 2.46. The summed E-state index contributed by atoms with van der Waals surface area (Å²) in [6, 6.07) is 39.5. The zero-order valence-electron chi connectivity index (χ0n) is 76.9. The lowest BCUT2D eigenvalue weighted by atomic mass is 10.0. The highest BCUT2D eigenvalue weighted by Gasteiger charge is 2.27. The van der Waals surface area contributed by atoms with Gasteiger partial charge in [0, 0.05) is 73.4 Å². The maximum Gasteiger partial charge on any atom is 0.302 e. The predicted octanol–water partition coefficient (Wildman–Crippen LogP) is 25.4. The van der Waals surface area contributed by atoms with Crippen LogP contribution in [0.15, 0.2) is 109 Å². The van der Waals surface area contributed by atoms with Crippen molar-refractivity contribution in [2.45, 2.75) is 326 Å². The van der Waals surface area contributed by atoms with E-state index in [1.165, 1.54) is 6.92 Å². The minimum atomic E-state index is -0.241. The number of fused-ring (bicyclic) bond motifs is 8. The molecule has 16 nitrogen and oxygen atoms in total. The molecule has 0 amide bonds. The third-order valence-corrected chi connectivity index (χ3v) is 22.8. The predicted molar refractivity (Wildman–Crippen MR) is 501 cm³/mol. The highest BCUT2D eigenvalue weighted by molar-refractivity contribution is 5.87. The van der Waals surface area contributed by atoms with E-state index in [0.717, 1.165) is 351 Å². The van der Waals surface area contributed by atoms with Crippen molar-refractivity contribution in [2.75, 3.05) is 72.7 Å². The van der Waals surface area contributed by atoms with Gasteiger partial charge in [0.15, 0.2) is 34.5 Å². The molecular weight excluding hydrogens is 1520 g/mol. The van der Waals surface area contributed by atoms with Gasteiger partial charge in [-0.3, -0.25) is 4.79 Å². The molecule has 0 atom stereocenters. The maximum atomic E-state index is 11.5. The van der Waals surface area contributed by atoms with E-state index in [4.69, 9.17) is 52.1 Å². The van der Waals surface area contributed by atoms with Crippen molar-refractivity contribution in [3.8, 4) is 57.5 Å². The first kappa shape index (κ1) is 96.8. The fraction of sp³-hybridized carbons (Fsp3) is 0.575. The monoisotopic (exact) mass is 1680 g/mol. The first-order chi connectivity index (χ1) is 60.1. The number of nitrogens with one attached hydrogen (secondary N) is 4. The number of aromatic nitrogens is 4. The summed E-state index contributed by atoms with van der Waals surface area (Å²) < 4.78 is 75.1. The number of unbranched alkanes of at least 4 members (excludes halogenated alkanes) is 30. The van der Waals surface area contributed by atoms with Gasteiger partial charge in [0.05, 0.1) is 72.7 Å². The van der Waals surface area contributed by atoms with Gasteiger partial charge in [-0.1, -0.05) is 248 Å². The summed E-state index contributed by atoms with van der Waals surface area (Å²) in [5, 5.41) is 3.50. The molecule has 4 aromatic heterocycles. The van der Waals surface area contributed by atoms with Gasteiger partial charge in [-0.25, -0.2) is 0 Å². The molecule has 1 aliphatic heterocycles. The van der Waals surface area contributed by atoms with Gasteiger partial charge in [-0.2, -0.15) is 0 Å². The first-order valence-electron chi connectivity index (χ1n) is 48.4. The Bertz CT molecular complexity index is 4430. The Morgan fingerprint density at radius 3 is 0.672 bits per heavy atom. The van der Waals surface area contributed by atoms with Crippen LogP contribution >= 0.6 is 0 Å². The SMILES string of the molecule is CCCCCCOc1cc(C2=c3ccc([nH]3)=C(c3ccc(OCCCCCCOC(C)=O)cc3)c3ccc([nH]3)C(c3cc(OCCCCCC)c(OCCCCCC)c(OCCCCCC)c3)=c3ccc([nH]3)=C(c3cc(OCCCCCC)c(OCCCCCC)c(OCCCCCC)c3)c3ccc2[nH]3)cc(OCCCCCC)c1OCCCCCC. The van der Waals surface area contributed by atoms with Gasteiger partial charge in [-0.15, -0.1) is 0 Å². The number of carbonyl (C=O) groups is 1. The Balaban J connectivity index is 1.39. The second-order valence-electron chi connectivity index (χ2n) is 33.4.